The second-order valence-corrected chi connectivity index (χ2v) is 12.1. The van der Waals surface area contributed by atoms with E-state index in [0.29, 0.717) is 23.1 Å². The molecule has 6 aromatic rings. The van der Waals surface area contributed by atoms with Crippen LogP contribution in [0, 0.1) is 51.2 Å². The van der Waals surface area contributed by atoms with Gasteiger partial charge in [-0.05, 0) is 95.4 Å². The van der Waals surface area contributed by atoms with Gasteiger partial charge < -0.3 is 4.90 Å². The van der Waals surface area contributed by atoms with Crippen LogP contribution < -0.4 is 4.90 Å². The molecule has 1 heterocycles. The molecule has 1 unspecified atom stereocenters. The van der Waals surface area contributed by atoms with Crippen LogP contribution in [0.1, 0.15) is 23.1 Å². The molecule has 0 fully saturated rings. The van der Waals surface area contributed by atoms with Crippen LogP contribution in [0.2, 0.25) is 0 Å². The summed E-state index contributed by atoms with van der Waals surface area (Å²) in [6.07, 6.45) is 4.20. The van der Waals surface area contributed by atoms with E-state index < -0.39 is 5.92 Å². The molecule has 5 aromatic carbocycles. The van der Waals surface area contributed by atoms with Crippen molar-refractivity contribution in [1.29, 1.82) is 21.0 Å². The van der Waals surface area contributed by atoms with Crippen molar-refractivity contribution < 1.29 is 0 Å². The van der Waals surface area contributed by atoms with E-state index in [1.165, 1.54) is 20.2 Å². The molecule has 0 aliphatic heterocycles. The summed E-state index contributed by atoms with van der Waals surface area (Å²) in [6, 6.07) is 45.5. The van der Waals surface area contributed by atoms with Gasteiger partial charge in [0.15, 0.2) is 0 Å². The number of hydrogen-bond acceptors (Lipinski definition) is 6. The van der Waals surface area contributed by atoms with Crippen molar-refractivity contribution in [2.75, 3.05) is 4.90 Å². The maximum atomic E-state index is 9.59. The van der Waals surface area contributed by atoms with Crippen LogP contribution >= 0.6 is 11.3 Å². The van der Waals surface area contributed by atoms with Gasteiger partial charge in [-0.15, -0.1) is 11.3 Å². The number of rotatable bonds is 5. The molecule has 1 aliphatic rings. The summed E-state index contributed by atoms with van der Waals surface area (Å²) in [7, 11) is 0. The predicted molar refractivity (Wildman–Crippen MR) is 184 cm³/mol. The Morgan fingerprint density at radius 1 is 0.565 bits per heavy atom. The molecule has 0 saturated heterocycles. The molecule has 0 radical (unpaired) electrons. The lowest BCUT2D eigenvalue weighted by Gasteiger charge is -2.26. The topological polar surface area (TPSA) is 98.4 Å². The zero-order valence-electron chi connectivity index (χ0n) is 24.5. The van der Waals surface area contributed by atoms with Gasteiger partial charge in [-0.3, -0.25) is 0 Å². The summed E-state index contributed by atoms with van der Waals surface area (Å²) in [5, 5.41) is 40.3. The van der Waals surface area contributed by atoms with Crippen LogP contribution in [-0.4, -0.2) is 0 Å². The van der Waals surface area contributed by atoms with Crippen molar-refractivity contribution in [1.82, 2.24) is 0 Å². The summed E-state index contributed by atoms with van der Waals surface area (Å²) in [4.78, 5) is 2.22. The number of fused-ring (bicyclic) bond motifs is 3. The predicted octanol–water partition coefficient (Wildman–Crippen LogP) is 10.3. The van der Waals surface area contributed by atoms with E-state index in [1.54, 1.807) is 29.5 Å². The summed E-state index contributed by atoms with van der Waals surface area (Å²) in [6.45, 7) is 0. The van der Waals surface area contributed by atoms with Gasteiger partial charge in [0, 0.05) is 42.8 Å². The average molecular weight is 606 g/mol. The van der Waals surface area contributed by atoms with E-state index in [2.05, 4.69) is 108 Å². The standard InChI is InChI=1S/C40H23N5S/c41-22-30-7-5-28(19-32(30)24-43)26-9-13-34(14-10-26)45(36-17-18-40-38(21-36)37-3-1-2-4-39(37)46-40)35-15-11-27(12-16-35)29-6-8-31(23-42)33(20-29)25-44/h1-19,21,33H,20H2. The third kappa shape index (κ3) is 5.06. The van der Waals surface area contributed by atoms with Crippen LogP contribution in [0.15, 0.2) is 127 Å². The second-order valence-electron chi connectivity index (χ2n) is 11.0. The Morgan fingerprint density at radius 2 is 1.22 bits per heavy atom. The lowest BCUT2D eigenvalue weighted by Crippen LogP contribution is -2.10. The van der Waals surface area contributed by atoms with Crippen LogP contribution in [0.4, 0.5) is 17.1 Å². The third-order valence-electron chi connectivity index (χ3n) is 8.38. The summed E-state index contributed by atoms with van der Waals surface area (Å²) in [5.74, 6) is -0.438. The van der Waals surface area contributed by atoms with Crippen molar-refractivity contribution in [2.24, 2.45) is 5.92 Å². The fourth-order valence-electron chi connectivity index (χ4n) is 5.99. The minimum atomic E-state index is -0.438. The highest BCUT2D eigenvalue weighted by molar-refractivity contribution is 7.25. The van der Waals surface area contributed by atoms with Crippen LogP contribution in [0.3, 0.4) is 0 Å². The largest absolute Gasteiger partial charge is 0.310 e. The van der Waals surface area contributed by atoms with Gasteiger partial charge in [0.05, 0.1) is 29.2 Å². The number of allylic oxidation sites excluding steroid dienone is 4. The fraction of sp³-hybridized carbons (Fsp3) is 0.0500. The first-order valence-electron chi connectivity index (χ1n) is 14.7. The van der Waals surface area contributed by atoms with Crippen molar-refractivity contribution in [3.63, 3.8) is 0 Å². The van der Waals surface area contributed by atoms with Gasteiger partial charge in [0.25, 0.3) is 0 Å². The number of benzene rings is 5. The molecule has 0 bridgehead atoms. The van der Waals surface area contributed by atoms with Crippen molar-refractivity contribution in [3.8, 4) is 35.4 Å². The van der Waals surface area contributed by atoms with Crippen molar-refractivity contribution in [2.45, 2.75) is 6.42 Å². The Hall–Kier alpha value is -6.44. The second kappa shape index (κ2) is 11.9. The van der Waals surface area contributed by atoms with E-state index in [1.807, 2.05) is 24.3 Å². The molecule has 46 heavy (non-hydrogen) atoms. The Labute approximate surface area is 270 Å². The molecule has 1 aromatic heterocycles. The van der Waals surface area contributed by atoms with Crippen molar-refractivity contribution >= 4 is 54.1 Å². The van der Waals surface area contributed by atoms with E-state index in [9.17, 15) is 21.0 Å². The first-order chi connectivity index (χ1) is 22.6. The van der Waals surface area contributed by atoms with E-state index in [0.717, 1.165) is 39.3 Å². The third-order valence-corrected chi connectivity index (χ3v) is 9.53. The Bertz CT molecular complexity index is 2380. The molecule has 214 valence electrons. The molecule has 0 spiro atoms. The van der Waals surface area contributed by atoms with Gasteiger partial charge in [0.2, 0.25) is 0 Å². The van der Waals surface area contributed by atoms with E-state index >= 15 is 0 Å². The molecule has 0 amide bonds. The summed E-state index contributed by atoms with van der Waals surface area (Å²) >= 11 is 1.78. The highest BCUT2D eigenvalue weighted by Crippen LogP contribution is 2.41. The van der Waals surface area contributed by atoms with Crippen LogP contribution in [-0.2, 0) is 0 Å². The Kier molecular flexibility index (Phi) is 7.34. The highest BCUT2D eigenvalue weighted by atomic mass is 32.1. The summed E-state index contributed by atoms with van der Waals surface area (Å²) in [5.41, 5.74) is 8.03. The Morgan fingerprint density at radius 3 is 1.91 bits per heavy atom. The minimum absolute atomic E-state index is 0.357. The lowest BCUT2D eigenvalue weighted by molar-refractivity contribution is 0.817. The minimum Gasteiger partial charge on any atom is -0.310 e. The number of nitriles is 4. The molecule has 6 heteroatoms. The monoisotopic (exact) mass is 605 g/mol. The number of nitrogens with zero attached hydrogens (tertiary/aromatic N) is 5. The molecular formula is C40H23N5S. The average Bonchev–Trinajstić information content (AvgIpc) is 3.50. The molecule has 7 rings (SSSR count). The maximum Gasteiger partial charge on any atom is 0.101 e. The zero-order chi connectivity index (χ0) is 31.6. The van der Waals surface area contributed by atoms with Gasteiger partial charge in [-0.2, -0.15) is 21.0 Å². The normalized spacial score (nSPS) is 14.0. The molecular weight excluding hydrogens is 583 g/mol. The number of anilines is 3. The SMILES string of the molecule is N#CC1=CC=C(c2ccc(N(c3ccc(-c4ccc(C#N)c(C#N)c4)cc3)c3ccc4sc5ccccc5c4c3)cc2)CC1C#N. The van der Waals surface area contributed by atoms with Gasteiger partial charge in [-0.1, -0.05) is 54.6 Å². The van der Waals surface area contributed by atoms with Crippen molar-refractivity contribution in [3.05, 3.63) is 144 Å². The summed E-state index contributed by atoms with van der Waals surface area (Å²) < 4.78 is 2.48. The van der Waals surface area contributed by atoms with E-state index in [-0.39, 0.29) is 0 Å². The maximum absolute atomic E-state index is 9.59. The highest BCUT2D eigenvalue weighted by Gasteiger charge is 2.21. The van der Waals surface area contributed by atoms with Crippen LogP contribution in [0.5, 0.6) is 0 Å². The fourth-order valence-corrected chi connectivity index (χ4v) is 7.08. The first kappa shape index (κ1) is 28.3. The number of hydrogen-bond donors (Lipinski definition) is 0. The Balaban J connectivity index is 1.31. The van der Waals surface area contributed by atoms with Gasteiger partial charge in [-0.25, -0.2) is 0 Å². The van der Waals surface area contributed by atoms with Gasteiger partial charge in [0.1, 0.15) is 12.1 Å². The molecule has 0 saturated carbocycles. The zero-order valence-corrected chi connectivity index (χ0v) is 25.3. The van der Waals surface area contributed by atoms with Gasteiger partial charge >= 0.3 is 0 Å². The van der Waals surface area contributed by atoms with Crippen LogP contribution in [0.25, 0.3) is 36.9 Å². The smallest absolute Gasteiger partial charge is 0.101 e. The molecule has 1 atom stereocenters. The lowest BCUT2D eigenvalue weighted by atomic mass is 9.86. The molecule has 0 N–H and O–H groups in total. The molecule has 1 aliphatic carbocycles. The van der Waals surface area contributed by atoms with E-state index in [4.69, 9.17) is 0 Å². The quantitative estimate of drug-likeness (QED) is 0.195. The number of thiophene rings is 1. The first-order valence-corrected chi connectivity index (χ1v) is 15.5. The molecule has 5 nitrogen and oxygen atoms in total.